The van der Waals surface area contributed by atoms with Gasteiger partial charge in [0, 0.05) is 6.54 Å². The minimum absolute atomic E-state index is 0. The molecule has 1 saturated heterocycles. The van der Waals surface area contributed by atoms with Gasteiger partial charge in [0.1, 0.15) is 0 Å². The van der Waals surface area contributed by atoms with Gasteiger partial charge in [-0.05, 0) is 35.5 Å². The smallest absolute Gasteiger partial charge is 0.652 e. The second kappa shape index (κ2) is 8.89. The molecule has 2 nitrogen and oxygen atoms in total. The van der Waals surface area contributed by atoms with Gasteiger partial charge in [-0.25, -0.2) is 0 Å². The average molecular weight is 336 g/mol. The third kappa shape index (κ3) is 4.58. The van der Waals surface area contributed by atoms with Crippen LogP contribution in [0.25, 0.3) is 16.1 Å². The fourth-order valence-electron chi connectivity index (χ4n) is 3.81. The summed E-state index contributed by atoms with van der Waals surface area (Å²) in [6.45, 7) is 5.45. The Morgan fingerprint density at radius 3 is 2.50 bits per heavy atom. The molecule has 0 radical (unpaired) electrons. The maximum atomic E-state index is 5.05. The van der Waals surface area contributed by atoms with Gasteiger partial charge in [0.05, 0.1) is 0 Å². The van der Waals surface area contributed by atoms with E-state index < -0.39 is 0 Å². The molecule has 0 saturated carbocycles. The normalized spacial score (nSPS) is 18.6. The molecule has 0 spiro atoms. The molecule has 4 rings (SSSR count). The largest absolute Gasteiger partial charge is 1.00 e. The molecule has 0 N–H and O–H groups in total. The van der Waals surface area contributed by atoms with Gasteiger partial charge in [-0.15, -0.1) is 12.1 Å². The second-order valence-electron chi connectivity index (χ2n) is 7.09. The molecule has 0 amide bonds. The first-order valence-corrected chi connectivity index (χ1v) is 9.23. The minimum atomic E-state index is 0. The van der Waals surface area contributed by atoms with Crippen molar-refractivity contribution in [2.24, 2.45) is 0 Å². The first-order valence-electron chi connectivity index (χ1n) is 9.23. The Balaban J connectivity index is 0.00000196. The van der Waals surface area contributed by atoms with Crippen LogP contribution in [0.15, 0.2) is 72.8 Å². The predicted molar refractivity (Wildman–Crippen MR) is 106 cm³/mol. The summed E-state index contributed by atoms with van der Waals surface area (Å²) in [4.78, 5) is 2.54. The summed E-state index contributed by atoms with van der Waals surface area (Å²) in [6, 6.07) is 26.8. The van der Waals surface area contributed by atoms with Crippen LogP contribution in [0.3, 0.4) is 0 Å². The predicted octanol–water partition coefficient (Wildman–Crippen LogP) is 2.55. The molecule has 3 heteroatoms. The Bertz CT molecular complexity index is 834. The standard InChI is InChI=1S/C23H25N2.Li/c1-18(20-7-3-2-4-8-20)24-23-13-14-25(17-23)16-19-11-12-21-9-5-6-10-22(21)15-19;/h2-12,15,18,23H,13-14,16-17H2,1H3;/q-1;+1/t18-,23-;/m0./s1. The zero-order chi connectivity index (χ0) is 17.1. The van der Waals surface area contributed by atoms with Crippen molar-refractivity contribution in [3.8, 4) is 0 Å². The van der Waals surface area contributed by atoms with Crippen LogP contribution < -0.4 is 18.9 Å². The summed E-state index contributed by atoms with van der Waals surface area (Å²) in [5.74, 6) is 0. The van der Waals surface area contributed by atoms with E-state index in [0.717, 1.165) is 19.6 Å². The van der Waals surface area contributed by atoms with Gasteiger partial charge in [0.2, 0.25) is 0 Å². The molecule has 0 unspecified atom stereocenters. The monoisotopic (exact) mass is 336 g/mol. The number of hydrogen-bond acceptors (Lipinski definition) is 1. The summed E-state index contributed by atoms with van der Waals surface area (Å²) in [5, 5.41) is 7.69. The number of fused-ring (bicyclic) bond motifs is 1. The molecule has 0 bridgehead atoms. The van der Waals surface area contributed by atoms with Crippen molar-refractivity contribution in [1.29, 1.82) is 0 Å². The SMILES string of the molecule is C[C@H]([N-][C@H]1CCN(Cc2ccc3ccccc3c2)C1)c1ccccc1.[Li+]. The molecule has 1 heterocycles. The van der Waals surface area contributed by atoms with Gasteiger partial charge >= 0.3 is 18.9 Å². The number of hydrogen-bond donors (Lipinski definition) is 0. The van der Waals surface area contributed by atoms with Gasteiger partial charge in [-0.1, -0.05) is 85.6 Å². The topological polar surface area (TPSA) is 17.3 Å². The Morgan fingerprint density at radius 1 is 0.962 bits per heavy atom. The van der Waals surface area contributed by atoms with E-state index in [-0.39, 0.29) is 24.9 Å². The molecule has 1 aliphatic rings. The molecule has 3 aromatic carbocycles. The summed E-state index contributed by atoms with van der Waals surface area (Å²) in [7, 11) is 0. The fourth-order valence-corrected chi connectivity index (χ4v) is 3.81. The van der Waals surface area contributed by atoms with E-state index in [0.29, 0.717) is 6.04 Å². The third-order valence-electron chi connectivity index (χ3n) is 5.18. The molecule has 26 heavy (non-hydrogen) atoms. The fraction of sp³-hybridized carbons (Fsp3) is 0.304. The van der Waals surface area contributed by atoms with E-state index in [2.05, 4.69) is 84.6 Å². The summed E-state index contributed by atoms with van der Waals surface area (Å²) >= 11 is 0. The summed E-state index contributed by atoms with van der Waals surface area (Å²) in [5.41, 5.74) is 2.71. The number of benzene rings is 3. The van der Waals surface area contributed by atoms with Gasteiger partial charge < -0.3 is 10.2 Å². The van der Waals surface area contributed by atoms with Crippen LogP contribution >= 0.6 is 0 Å². The third-order valence-corrected chi connectivity index (χ3v) is 5.18. The molecule has 1 fully saturated rings. The average Bonchev–Trinajstić information content (AvgIpc) is 3.09. The van der Waals surface area contributed by atoms with Crippen LogP contribution in [0.5, 0.6) is 0 Å². The minimum Gasteiger partial charge on any atom is -0.652 e. The number of likely N-dealkylation sites (tertiary alicyclic amines) is 1. The van der Waals surface area contributed by atoms with Crippen LogP contribution in [-0.4, -0.2) is 24.0 Å². The summed E-state index contributed by atoms with van der Waals surface area (Å²) < 4.78 is 0. The Morgan fingerprint density at radius 2 is 1.69 bits per heavy atom. The van der Waals surface area contributed by atoms with E-state index in [4.69, 9.17) is 5.32 Å². The van der Waals surface area contributed by atoms with Crippen molar-refractivity contribution in [2.45, 2.75) is 32.0 Å². The second-order valence-corrected chi connectivity index (χ2v) is 7.09. The van der Waals surface area contributed by atoms with Crippen molar-refractivity contribution >= 4 is 10.8 Å². The van der Waals surface area contributed by atoms with Gasteiger partial charge in [0.15, 0.2) is 0 Å². The Labute approximate surface area is 168 Å². The van der Waals surface area contributed by atoms with Gasteiger partial charge in [-0.2, -0.15) is 0 Å². The Hall–Kier alpha value is -1.56. The maximum absolute atomic E-state index is 5.05. The van der Waals surface area contributed by atoms with E-state index >= 15 is 0 Å². The van der Waals surface area contributed by atoms with Crippen LogP contribution in [0.2, 0.25) is 0 Å². The van der Waals surface area contributed by atoms with Crippen molar-refractivity contribution in [3.63, 3.8) is 0 Å². The first-order chi connectivity index (χ1) is 12.3. The van der Waals surface area contributed by atoms with E-state index in [1.165, 1.54) is 28.3 Å². The molecular weight excluding hydrogens is 311 g/mol. The van der Waals surface area contributed by atoms with Crippen molar-refractivity contribution in [1.82, 2.24) is 4.90 Å². The zero-order valence-electron chi connectivity index (χ0n) is 15.8. The van der Waals surface area contributed by atoms with Crippen molar-refractivity contribution < 1.29 is 18.9 Å². The molecule has 128 valence electrons. The summed E-state index contributed by atoms with van der Waals surface area (Å²) in [6.07, 6.45) is 1.17. The maximum Gasteiger partial charge on any atom is 1.00 e. The van der Waals surface area contributed by atoms with Crippen LogP contribution in [0.4, 0.5) is 0 Å². The van der Waals surface area contributed by atoms with Crippen molar-refractivity contribution in [2.75, 3.05) is 13.1 Å². The quantitative estimate of drug-likeness (QED) is 0.655. The molecule has 0 aromatic heterocycles. The van der Waals surface area contributed by atoms with Crippen LogP contribution in [0.1, 0.15) is 30.5 Å². The van der Waals surface area contributed by atoms with Gasteiger partial charge in [0.25, 0.3) is 0 Å². The number of nitrogens with zero attached hydrogens (tertiary/aromatic N) is 2. The molecule has 1 aliphatic heterocycles. The molecule has 0 aliphatic carbocycles. The van der Waals surface area contributed by atoms with Gasteiger partial charge in [-0.3, -0.25) is 0 Å². The zero-order valence-corrected chi connectivity index (χ0v) is 15.8. The Kier molecular flexibility index (Phi) is 6.56. The van der Waals surface area contributed by atoms with E-state index in [1.54, 1.807) is 0 Å². The molecule has 2 atom stereocenters. The van der Waals surface area contributed by atoms with Crippen LogP contribution in [0, 0.1) is 0 Å². The van der Waals surface area contributed by atoms with E-state index in [9.17, 15) is 0 Å². The molecular formula is C23H25LiN2. The van der Waals surface area contributed by atoms with E-state index in [1.807, 2.05) is 0 Å². The van der Waals surface area contributed by atoms with Crippen LogP contribution in [-0.2, 0) is 6.54 Å². The first kappa shape index (κ1) is 19.2. The number of rotatable bonds is 5. The molecule has 3 aromatic rings. The van der Waals surface area contributed by atoms with Crippen molar-refractivity contribution in [3.05, 3.63) is 89.2 Å².